The summed E-state index contributed by atoms with van der Waals surface area (Å²) < 4.78 is 13.2. The number of halogens is 1. The molecule has 1 atom stereocenters. The fourth-order valence-corrected chi connectivity index (χ4v) is 2.21. The number of hydrogen-bond donors (Lipinski definition) is 1. The van der Waals surface area contributed by atoms with E-state index in [-0.39, 0.29) is 17.1 Å². The minimum absolute atomic E-state index is 0.0154. The first-order valence-corrected chi connectivity index (χ1v) is 5.63. The van der Waals surface area contributed by atoms with Gasteiger partial charge in [-0.1, -0.05) is 0 Å². The highest BCUT2D eigenvalue weighted by Gasteiger charge is 2.46. The van der Waals surface area contributed by atoms with Crippen LogP contribution in [0.3, 0.4) is 0 Å². The first-order chi connectivity index (χ1) is 7.94. The number of hydrogen-bond acceptors (Lipinski definition) is 3. The molecule has 0 heterocycles. The molecule has 0 radical (unpaired) electrons. The molecule has 0 aliphatic heterocycles. The molecule has 0 bridgehead atoms. The van der Waals surface area contributed by atoms with Crippen molar-refractivity contribution in [2.24, 2.45) is 11.1 Å². The Kier molecular flexibility index (Phi) is 2.87. The molecule has 1 aliphatic rings. The molecule has 17 heavy (non-hydrogen) atoms. The van der Waals surface area contributed by atoms with Gasteiger partial charge in [0.05, 0.1) is 4.92 Å². The topological polar surface area (TPSA) is 69.2 Å². The van der Waals surface area contributed by atoms with Crippen LogP contribution in [-0.4, -0.2) is 11.0 Å². The summed E-state index contributed by atoms with van der Waals surface area (Å²) in [6, 6.07) is 3.57. The van der Waals surface area contributed by atoms with E-state index < -0.39 is 10.7 Å². The molecule has 2 rings (SSSR count). The van der Waals surface area contributed by atoms with Crippen molar-refractivity contribution < 1.29 is 9.31 Å². The van der Waals surface area contributed by atoms with Crippen LogP contribution in [0.25, 0.3) is 0 Å². The van der Waals surface area contributed by atoms with Crippen molar-refractivity contribution in [3.63, 3.8) is 0 Å². The van der Waals surface area contributed by atoms with Gasteiger partial charge in [-0.25, -0.2) is 4.39 Å². The number of nitrogens with zero attached hydrogens (tertiary/aromatic N) is 1. The number of nitro groups is 1. The quantitative estimate of drug-likeness (QED) is 0.646. The maximum atomic E-state index is 13.2. The van der Waals surface area contributed by atoms with Gasteiger partial charge >= 0.3 is 0 Å². The second-order valence-corrected chi connectivity index (χ2v) is 4.86. The lowest BCUT2D eigenvalue weighted by Crippen LogP contribution is -2.30. The van der Waals surface area contributed by atoms with E-state index in [4.69, 9.17) is 5.73 Å². The molecule has 5 heteroatoms. The lowest BCUT2D eigenvalue weighted by atomic mass is 9.89. The van der Waals surface area contributed by atoms with E-state index in [2.05, 4.69) is 0 Å². The Balaban J connectivity index is 2.31. The lowest BCUT2D eigenvalue weighted by Gasteiger charge is -2.19. The SMILES string of the molecule is CC(N)C1(Cc2cc(F)ccc2[N+](=O)[O-])CC1. The maximum absolute atomic E-state index is 13.2. The third kappa shape index (κ3) is 2.29. The van der Waals surface area contributed by atoms with Crippen LogP contribution >= 0.6 is 0 Å². The van der Waals surface area contributed by atoms with E-state index >= 15 is 0 Å². The van der Waals surface area contributed by atoms with E-state index in [0.29, 0.717) is 12.0 Å². The van der Waals surface area contributed by atoms with E-state index in [9.17, 15) is 14.5 Å². The van der Waals surface area contributed by atoms with Crippen LogP contribution in [0.5, 0.6) is 0 Å². The zero-order chi connectivity index (χ0) is 12.6. The molecule has 1 fully saturated rings. The van der Waals surface area contributed by atoms with Crippen molar-refractivity contribution in [3.8, 4) is 0 Å². The highest BCUT2D eigenvalue weighted by Crippen LogP contribution is 2.51. The van der Waals surface area contributed by atoms with E-state index in [1.54, 1.807) is 0 Å². The average molecular weight is 238 g/mol. The van der Waals surface area contributed by atoms with Crippen LogP contribution in [0.1, 0.15) is 25.3 Å². The monoisotopic (exact) mass is 238 g/mol. The van der Waals surface area contributed by atoms with Crippen molar-refractivity contribution in [1.29, 1.82) is 0 Å². The predicted molar refractivity (Wildman–Crippen MR) is 62.1 cm³/mol. The van der Waals surface area contributed by atoms with Gasteiger partial charge in [0.15, 0.2) is 0 Å². The number of rotatable bonds is 4. The molecule has 4 nitrogen and oxygen atoms in total. The molecule has 1 saturated carbocycles. The van der Waals surface area contributed by atoms with E-state index in [0.717, 1.165) is 18.9 Å². The van der Waals surface area contributed by atoms with Gasteiger partial charge in [0, 0.05) is 17.7 Å². The fraction of sp³-hybridized carbons (Fsp3) is 0.500. The molecular formula is C12H15FN2O2. The third-order valence-corrected chi connectivity index (χ3v) is 3.64. The van der Waals surface area contributed by atoms with Crippen molar-refractivity contribution in [3.05, 3.63) is 39.7 Å². The standard InChI is InChI=1S/C12H15FN2O2/c1-8(14)12(4-5-12)7-9-6-10(13)2-3-11(9)15(16)17/h2-3,6,8H,4-5,7,14H2,1H3. The van der Waals surface area contributed by atoms with Crippen molar-refractivity contribution in [2.75, 3.05) is 0 Å². The molecule has 0 amide bonds. The molecule has 0 spiro atoms. The average Bonchev–Trinajstić information content (AvgIpc) is 2.98. The summed E-state index contributed by atoms with van der Waals surface area (Å²) in [6.45, 7) is 1.90. The van der Waals surface area contributed by atoms with E-state index in [1.807, 2.05) is 6.92 Å². The van der Waals surface area contributed by atoms with E-state index in [1.165, 1.54) is 12.1 Å². The Morgan fingerprint density at radius 2 is 2.24 bits per heavy atom. The lowest BCUT2D eigenvalue weighted by molar-refractivity contribution is -0.385. The van der Waals surface area contributed by atoms with Gasteiger partial charge in [0.1, 0.15) is 5.82 Å². The Hall–Kier alpha value is -1.49. The number of benzene rings is 1. The van der Waals surface area contributed by atoms with Gasteiger partial charge in [0.25, 0.3) is 5.69 Å². The van der Waals surface area contributed by atoms with Gasteiger partial charge in [-0.3, -0.25) is 10.1 Å². The summed E-state index contributed by atoms with van der Waals surface area (Å²) in [5, 5.41) is 10.9. The molecule has 1 aromatic carbocycles. The molecule has 0 saturated heterocycles. The zero-order valence-corrected chi connectivity index (χ0v) is 9.65. The molecule has 1 aromatic rings. The Bertz CT molecular complexity index is 456. The summed E-state index contributed by atoms with van der Waals surface area (Å²) >= 11 is 0. The molecule has 1 unspecified atom stereocenters. The first kappa shape index (κ1) is 12.0. The van der Waals surface area contributed by atoms with Crippen LogP contribution in [-0.2, 0) is 6.42 Å². The second-order valence-electron chi connectivity index (χ2n) is 4.86. The largest absolute Gasteiger partial charge is 0.327 e. The van der Waals surface area contributed by atoms with Crippen LogP contribution in [0, 0.1) is 21.3 Å². The Labute approximate surface area is 98.8 Å². The number of nitro benzene ring substituents is 1. The summed E-state index contributed by atoms with van der Waals surface area (Å²) in [4.78, 5) is 10.4. The molecule has 92 valence electrons. The third-order valence-electron chi connectivity index (χ3n) is 3.64. The van der Waals surface area contributed by atoms with Crippen molar-refractivity contribution in [1.82, 2.24) is 0 Å². The minimum Gasteiger partial charge on any atom is -0.327 e. The van der Waals surface area contributed by atoms with Crippen LogP contribution < -0.4 is 5.73 Å². The van der Waals surface area contributed by atoms with Crippen LogP contribution in [0.2, 0.25) is 0 Å². The van der Waals surface area contributed by atoms with Crippen molar-refractivity contribution >= 4 is 5.69 Å². The fourth-order valence-electron chi connectivity index (χ4n) is 2.21. The zero-order valence-electron chi connectivity index (χ0n) is 9.65. The Morgan fingerprint density at radius 1 is 1.59 bits per heavy atom. The minimum atomic E-state index is -0.466. The summed E-state index contributed by atoms with van der Waals surface area (Å²) in [5.74, 6) is -0.439. The predicted octanol–water partition coefficient (Wildman–Crippen LogP) is 2.40. The smallest absolute Gasteiger partial charge is 0.272 e. The summed E-state index contributed by atoms with van der Waals surface area (Å²) in [5.41, 5.74) is 6.24. The highest BCUT2D eigenvalue weighted by molar-refractivity contribution is 5.41. The van der Waals surface area contributed by atoms with Gasteiger partial charge in [-0.15, -0.1) is 0 Å². The van der Waals surface area contributed by atoms with Gasteiger partial charge in [0.2, 0.25) is 0 Å². The highest BCUT2D eigenvalue weighted by atomic mass is 19.1. The van der Waals surface area contributed by atoms with Crippen molar-refractivity contribution in [2.45, 2.75) is 32.2 Å². The van der Waals surface area contributed by atoms with Crippen LogP contribution in [0.4, 0.5) is 10.1 Å². The van der Waals surface area contributed by atoms with Gasteiger partial charge < -0.3 is 5.73 Å². The first-order valence-electron chi connectivity index (χ1n) is 5.63. The summed E-state index contributed by atoms with van der Waals surface area (Å²) in [6.07, 6.45) is 2.40. The normalized spacial score (nSPS) is 18.8. The summed E-state index contributed by atoms with van der Waals surface area (Å²) in [7, 11) is 0. The number of nitrogens with two attached hydrogens (primary N) is 1. The van der Waals surface area contributed by atoms with Gasteiger partial charge in [-0.2, -0.15) is 0 Å². The molecule has 0 aromatic heterocycles. The molecule has 1 aliphatic carbocycles. The second kappa shape index (κ2) is 4.07. The molecule has 2 N–H and O–H groups in total. The van der Waals surface area contributed by atoms with Crippen LogP contribution in [0.15, 0.2) is 18.2 Å². The molecular weight excluding hydrogens is 223 g/mol. The van der Waals surface area contributed by atoms with Gasteiger partial charge in [-0.05, 0) is 43.7 Å². The Morgan fingerprint density at radius 3 is 2.71 bits per heavy atom. The maximum Gasteiger partial charge on any atom is 0.272 e.